The minimum Gasteiger partial charge on any atom is -0.375 e. The van der Waals surface area contributed by atoms with Gasteiger partial charge in [-0.3, -0.25) is 0 Å². The van der Waals surface area contributed by atoms with Crippen LogP contribution in [0.5, 0.6) is 0 Å². The number of benzene rings is 1. The van der Waals surface area contributed by atoms with Crippen LogP contribution in [0.3, 0.4) is 0 Å². The first-order valence-electron chi connectivity index (χ1n) is 7.15. The lowest BCUT2D eigenvalue weighted by atomic mass is 10.0. The Kier molecular flexibility index (Phi) is 3.96. The molecule has 1 atom stereocenters. The summed E-state index contributed by atoms with van der Waals surface area (Å²) in [6, 6.07) is 16.6. The van der Waals surface area contributed by atoms with Crippen LogP contribution in [-0.2, 0) is 0 Å². The van der Waals surface area contributed by atoms with E-state index in [1.54, 1.807) is 17.1 Å². The van der Waals surface area contributed by atoms with Gasteiger partial charge in [0.15, 0.2) is 5.82 Å². The minimum absolute atomic E-state index is 0.254. The quantitative estimate of drug-likeness (QED) is 0.771. The van der Waals surface area contributed by atoms with E-state index in [0.29, 0.717) is 0 Å². The summed E-state index contributed by atoms with van der Waals surface area (Å²) in [5.41, 5.74) is 2.26. The number of anilines is 1. The zero-order chi connectivity index (χ0) is 14.5. The second-order valence-corrected chi connectivity index (χ2v) is 4.84. The molecule has 0 aliphatic rings. The van der Waals surface area contributed by atoms with E-state index < -0.39 is 0 Å². The Morgan fingerprint density at radius 1 is 1.05 bits per heavy atom. The molecular formula is C17H18N4. The van der Waals surface area contributed by atoms with E-state index in [-0.39, 0.29) is 6.04 Å². The summed E-state index contributed by atoms with van der Waals surface area (Å²) in [5.74, 6) is 0.817. The number of rotatable bonds is 5. The van der Waals surface area contributed by atoms with Crippen molar-refractivity contribution in [1.82, 2.24) is 14.8 Å². The molecule has 3 aromatic rings. The monoisotopic (exact) mass is 278 g/mol. The van der Waals surface area contributed by atoms with E-state index in [4.69, 9.17) is 0 Å². The van der Waals surface area contributed by atoms with Gasteiger partial charge in [0.25, 0.3) is 0 Å². The van der Waals surface area contributed by atoms with Gasteiger partial charge in [-0.1, -0.05) is 37.3 Å². The van der Waals surface area contributed by atoms with Crippen molar-refractivity contribution in [3.05, 3.63) is 72.7 Å². The summed E-state index contributed by atoms with van der Waals surface area (Å²) >= 11 is 0. The molecule has 0 radical (unpaired) electrons. The Bertz CT molecular complexity index is 677. The third-order valence-corrected chi connectivity index (χ3v) is 3.45. The van der Waals surface area contributed by atoms with Crippen LogP contribution in [-0.4, -0.2) is 14.8 Å². The highest BCUT2D eigenvalue weighted by Gasteiger charge is 2.12. The van der Waals surface area contributed by atoms with Crippen LogP contribution < -0.4 is 5.32 Å². The van der Waals surface area contributed by atoms with Crippen molar-refractivity contribution in [2.24, 2.45) is 0 Å². The molecule has 106 valence electrons. The van der Waals surface area contributed by atoms with Gasteiger partial charge in [-0.05, 0) is 30.2 Å². The molecule has 0 aliphatic heterocycles. The van der Waals surface area contributed by atoms with E-state index in [1.165, 1.54) is 5.56 Å². The molecule has 0 aliphatic carbocycles. The van der Waals surface area contributed by atoms with Gasteiger partial charge in [0.1, 0.15) is 0 Å². The van der Waals surface area contributed by atoms with Crippen LogP contribution >= 0.6 is 0 Å². The number of pyridine rings is 1. The van der Waals surface area contributed by atoms with Gasteiger partial charge in [-0.25, -0.2) is 9.67 Å². The van der Waals surface area contributed by atoms with Gasteiger partial charge in [-0.2, -0.15) is 5.10 Å². The van der Waals surface area contributed by atoms with Gasteiger partial charge >= 0.3 is 0 Å². The van der Waals surface area contributed by atoms with E-state index in [2.05, 4.69) is 46.6 Å². The molecule has 0 amide bonds. The molecule has 2 aromatic heterocycles. The van der Waals surface area contributed by atoms with Gasteiger partial charge in [-0.15, -0.1) is 0 Å². The molecule has 2 heterocycles. The molecule has 0 bridgehead atoms. The number of nitrogens with zero attached hydrogens (tertiary/aromatic N) is 3. The lowest BCUT2D eigenvalue weighted by Crippen LogP contribution is -2.12. The molecule has 21 heavy (non-hydrogen) atoms. The Morgan fingerprint density at radius 2 is 1.90 bits per heavy atom. The van der Waals surface area contributed by atoms with Gasteiger partial charge in [0, 0.05) is 18.6 Å². The van der Waals surface area contributed by atoms with Crippen LogP contribution in [0, 0.1) is 0 Å². The van der Waals surface area contributed by atoms with Gasteiger partial charge in [0.05, 0.1) is 11.7 Å². The SMILES string of the molecule is CCC(Nc1cccnc1-n1cccn1)c1ccccc1. The predicted molar refractivity (Wildman–Crippen MR) is 84.5 cm³/mol. The Morgan fingerprint density at radius 3 is 2.62 bits per heavy atom. The van der Waals surface area contributed by atoms with Crippen molar-refractivity contribution in [2.45, 2.75) is 19.4 Å². The van der Waals surface area contributed by atoms with Crippen LogP contribution in [0.15, 0.2) is 67.1 Å². The molecule has 1 aromatic carbocycles. The summed E-state index contributed by atoms with van der Waals surface area (Å²) in [4.78, 5) is 4.44. The highest BCUT2D eigenvalue weighted by molar-refractivity contribution is 5.57. The average Bonchev–Trinajstić information content (AvgIpc) is 3.08. The second kappa shape index (κ2) is 6.22. The van der Waals surface area contributed by atoms with E-state index >= 15 is 0 Å². The first kappa shape index (κ1) is 13.4. The fraction of sp³-hybridized carbons (Fsp3) is 0.176. The summed E-state index contributed by atoms with van der Waals surface area (Å²) in [7, 11) is 0. The van der Waals surface area contributed by atoms with Crippen molar-refractivity contribution in [3.63, 3.8) is 0 Å². The Balaban J connectivity index is 1.91. The molecular weight excluding hydrogens is 260 g/mol. The van der Waals surface area contributed by atoms with Crippen molar-refractivity contribution >= 4 is 5.69 Å². The first-order valence-corrected chi connectivity index (χ1v) is 7.15. The van der Waals surface area contributed by atoms with Crippen LogP contribution in [0.1, 0.15) is 24.9 Å². The highest BCUT2D eigenvalue weighted by atomic mass is 15.3. The maximum atomic E-state index is 4.44. The number of nitrogens with one attached hydrogen (secondary N) is 1. The van der Waals surface area contributed by atoms with Crippen LogP contribution in [0.4, 0.5) is 5.69 Å². The van der Waals surface area contributed by atoms with Gasteiger partial charge in [0.2, 0.25) is 0 Å². The zero-order valence-electron chi connectivity index (χ0n) is 12.0. The predicted octanol–water partition coefficient (Wildman–Crippen LogP) is 3.83. The van der Waals surface area contributed by atoms with Crippen LogP contribution in [0.25, 0.3) is 5.82 Å². The second-order valence-electron chi connectivity index (χ2n) is 4.84. The molecule has 3 rings (SSSR count). The van der Waals surface area contributed by atoms with Gasteiger partial charge < -0.3 is 5.32 Å². The first-order chi connectivity index (χ1) is 10.4. The molecule has 0 saturated carbocycles. The number of hydrogen-bond acceptors (Lipinski definition) is 3. The number of aromatic nitrogens is 3. The molecule has 0 fully saturated rings. The van der Waals surface area contributed by atoms with E-state index in [0.717, 1.165) is 17.9 Å². The standard InChI is InChI=1S/C17H18N4/c1-2-15(14-8-4-3-5-9-14)20-16-10-6-11-18-17(16)21-13-7-12-19-21/h3-13,15,20H,2H2,1H3. The fourth-order valence-electron chi connectivity index (χ4n) is 2.38. The van der Waals surface area contributed by atoms with Crippen molar-refractivity contribution in [1.29, 1.82) is 0 Å². The van der Waals surface area contributed by atoms with Crippen molar-refractivity contribution < 1.29 is 0 Å². The zero-order valence-corrected chi connectivity index (χ0v) is 12.0. The minimum atomic E-state index is 0.254. The summed E-state index contributed by atoms with van der Waals surface area (Å²) in [6.07, 6.45) is 6.44. The number of hydrogen-bond donors (Lipinski definition) is 1. The smallest absolute Gasteiger partial charge is 0.176 e. The molecule has 0 spiro atoms. The fourth-order valence-corrected chi connectivity index (χ4v) is 2.38. The summed E-state index contributed by atoms with van der Waals surface area (Å²) < 4.78 is 1.78. The Labute approximate surface area is 124 Å². The van der Waals surface area contributed by atoms with Crippen LogP contribution in [0.2, 0.25) is 0 Å². The van der Waals surface area contributed by atoms with Crippen molar-refractivity contribution in [2.75, 3.05) is 5.32 Å². The maximum absolute atomic E-state index is 4.44. The largest absolute Gasteiger partial charge is 0.375 e. The van der Waals surface area contributed by atoms with Crippen molar-refractivity contribution in [3.8, 4) is 5.82 Å². The molecule has 1 N–H and O–H groups in total. The Hall–Kier alpha value is -2.62. The summed E-state index contributed by atoms with van der Waals surface area (Å²) in [6.45, 7) is 2.18. The third kappa shape index (κ3) is 2.94. The lowest BCUT2D eigenvalue weighted by Gasteiger charge is -2.20. The highest BCUT2D eigenvalue weighted by Crippen LogP contribution is 2.25. The summed E-state index contributed by atoms with van der Waals surface area (Å²) in [5, 5.41) is 7.85. The van der Waals surface area contributed by atoms with E-state index in [1.807, 2.05) is 30.5 Å². The topological polar surface area (TPSA) is 42.7 Å². The average molecular weight is 278 g/mol. The lowest BCUT2D eigenvalue weighted by molar-refractivity contribution is 0.743. The molecule has 4 nitrogen and oxygen atoms in total. The normalized spacial score (nSPS) is 12.0. The molecule has 1 unspecified atom stereocenters. The van der Waals surface area contributed by atoms with E-state index in [9.17, 15) is 0 Å². The maximum Gasteiger partial charge on any atom is 0.176 e. The third-order valence-electron chi connectivity index (χ3n) is 3.45. The molecule has 0 saturated heterocycles. The molecule has 4 heteroatoms.